The van der Waals surface area contributed by atoms with Crippen LogP contribution in [0.1, 0.15) is 49.3 Å². The second-order valence-corrected chi connectivity index (χ2v) is 7.28. The standard InChI is InChI=1S/C18H19BrClF/c1-4-18(2,3)14-7-5-12(6-8-14)17(20)13-9-15(19)11-16(21)10-13/h5-11,17H,4H2,1-3H3. The first kappa shape index (κ1) is 16.5. The molecule has 21 heavy (non-hydrogen) atoms. The van der Waals surface area contributed by atoms with E-state index >= 15 is 0 Å². The van der Waals surface area contributed by atoms with E-state index in [1.54, 1.807) is 0 Å². The molecule has 1 unspecified atom stereocenters. The molecule has 0 spiro atoms. The number of hydrogen-bond donors (Lipinski definition) is 0. The van der Waals surface area contributed by atoms with E-state index in [0.29, 0.717) is 4.47 Å². The fourth-order valence-electron chi connectivity index (χ4n) is 2.22. The number of benzene rings is 2. The molecule has 2 aromatic carbocycles. The van der Waals surface area contributed by atoms with Gasteiger partial charge in [-0.05, 0) is 46.7 Å². The highest BCUT2D eigenvalue weighted by molar-refractivity contribution is 9.10. The van der Waals surface area contributed by atoms with Crippen LogP contribution >= 0.6 is 27.5 Å². The van der Waals surface area contributed by atoms with E-state index in [9.17, 15) is 4.39 Å². The molecule has 0 aliphatic heterocycles. The zero-order chi connectivity index (χ0) is 15.6. The summed E-state index contributed by atoms with van der Waals surface area (Å²) in [5.74, 6) is -0.284. The van der Waals surface area contributed by atoms with Gasteiger partial charge in [0.2, 0.25) is 0 Å². The predicted octanol–water partition coefficient (Wildman–Crippen LogP) is 6.60. The van der Waals surface area contributed by atoms with Crippen molar-refractivity contribution in [3.63, 3.8) is 0 Å². The number of halogens is 3. The van der Waals surface area contributed by atoms with Gasteiger partial charge in [0.25, 0.3) is 0 Å². The average molecular weight is 370 g/mol. The molecule has 1 atom stereocenters. The van der Waals surface area contributed by atoms with E-state index in [-0.39, 0.29) is 16.6 Å². The van der Waals surface area contributed by atoms with E-state index < -0.39 is 0 Å². The zero-order valence-electron chi connectivity index (χ0n) is 12.5. The van der Waals surface area contributed by atoms with Crippen molar-refractivity contribution >= 4 is 27.5 Å². The van der Waals surface area contributed by atoms with Gasteiger partial charge in [0, 0.05) is 4.47 Å². The van der Waals surface area contributed by atoms with Crippen LogP contribution < -0.4 is 0 Å². The van der Waals surface area contributed by atoms with Crippen LogP contribution in [0.2, 0.25) is 0 Å². The summed E-state index contributed by atoms with van der Waals surface area (Å²) in [6.45, 7) is 6.64. The SMILES string of the molecule is CCC(C)(C)c1ccc(C(Cl)c2cc(F)cc(Br)c2)cc1. The molecule has 112 valence electrons. The lowest BCUT2D eigenvalue weighted by atomic mass is 9.82. The molecule has 0 amide bonds. The van der Waals surface area contributed by atoms with Gasteiger partial charge in [-0.3, -0.25) is 0 Å². The van der Waals surface area contributed by atoms with Gasteiger partial charge >= 0.3 is 0 Å². The normalized spacial score (nSPS) is 13.2. The van der Waals surface area contributed by atoms with Gasteiger partial charge in [-0.25, -0.2) is 4.39 Å². The summed E-state index contributed by atoms with van der Waals surface area (Å²) >= 11 is 9.79. The molecule has 0 bridgehead atoms. The summed E-state index contributed by atoms with van der Waals surface area (Å²) in [5, 5.41) is -0.351. The van der Waals surface area contributed by atoms with Gasteiger partial charge in [0.15, 0.2) is 0 Å². The monoisotopic (exact) mass is 368 g/mol. The first-order valence-corrected chi connectivity index (χ1v) is 8.27. The van der Waals surface area contributed by atoms with E-state index in [2.05, 4.69) is 48.8 Å². The maximum Gasteiger partial charge on any atom is 0.124 e. The topological polar surface area (TPSA) is 0 Å². The van der Waals surface area contributed by atoms with Gasteiger partial charge in [0.05, 0.1) is 5.38 Å². The summed E-state index contributed by atoms with van der Waals surface area (Å²) < 4.78 is 14.2. The van der Waals surface area contributed by atoms with Crippen molar-refractivity contribution in [3.8, 4) is 0 Å². The Bertz CT molecular complexity index is 599. The van der Waals surface area contributed by atoms with Gasteiger partial charge in [-0.1, -0.05) is 61.0 Å². The fraction of sp³-hybridized carbons (Fsp3) is 0.333. The quantitative estimate of drug-likeness (QED) is 0.532. The Hall–Kier alpha value is -0.860. The molecule has 2 rings (SSSR count). The van der Waals surface area contributed by atoms with Gasteiger partial charge in [0.1, 0.15) is 5.82 Å². The minimum absolute atomic E-state index is 0.155. The molecule has 2 aromatic rings. The Labute approximate surface area is 139 Å². The Morgan fingerprint density at radius 1 is 1.10 bits per heavy atom. The van der Waals surface area contributed by atoms with Crippen molar-refractivity contribution < 1.29 is 4.39 Å². The van der Waals surface area contributed by atoms with Crippen LogP contribution in [-0.4, -0.2) is 0 Å². The molecule has 0 saturated heterocycles. The van der Waals surface area contributed by atoms with Crippen molar-refractivity contribution in [2.45, 2.75) is 38.0 Å². The molecule has 0 saturated carbocycles. The smallest absolute Gasteiger partial charge is 0.124 e. The molecule has 0 heterocycles. The highest BCUT2D eigenvalue weighted by Gasteiger charge is 2.19. The summed E-state index contributed by atoms with van der Waals surface area (Å²) in [5.41, 5.74) is 3.18. The summed E-state index contributed by atoms with van der Waals surface area (Å²) in [6.07, 6.45) is 1.08. The molecule has 0 aromatic heterocycles. The first-order chi connectivity index (χ1) is 9.83. The van der Waals surface area contributed by atoms with Crippen molar-refractivity contribution in [1.29, 1.82) is 0 Å². The zero-order valence-corrected chi connectivity index (χ0v) is 14.8. The van der Waals surface area contributed by atoms with E-state index in [1.807, 2.05) is 18.2 Å². The minimum atomic E-state index is -0.351. The molecule has 0 N–H and O–H groups in total. The van der Waals surface area contributed by atoms with Crippen LogP contribution in [0.5, 0.6) is 0 Å². The maximum absolute atomic E-state index is 13.5. The maximum atomic E-state index is 13.5. The largest absolute Gasteiger partial charge is 0.207 e. The first-order valence-electron chi connectivity index (χ1n) is 7.04. The second-order valence-electron chi connectivity index (χ2n) is 5.92. The molecular formula is C18H19BrClF. The molecule has 0 radical (unpaired) electrons. The van der Waals surface area contributed by atoms with Gasteiger partial charge < -0.3 is 0 Å². The predicted molar refractivity (Wildman–Crippen MR) is 91.6 cm³/mol. The van der Waals surface area contributed by atoms with Crippen molar-refractivity contribution in [1.82, 2.24) is 0 Å². The third kappa shape index (κ3) is 3.87. The van der Waals surface area contributed by atoms with E-state index in [0.717, 1.165) is 17.5 Å². The highest BCUT2D eigenvalue weighted by Crippen LogP contribution is 2.33. The van der Waals surface area contributed by atoms with Crippen LogP contribution in [0.4, 0.5) is 4.39 Å². The van der Waals surface area contributed by atoms with Crippen LogP contribution in [-0.2, 0) is 5.41 Å². The molecule has 0 fully saturated rings. The average Bonchev–Trinajstić information content (AvgIpc) is 2.45. The number of rotatable bonds is 4. The Morgan fingerprint density at radius 2 is 1.71 bits per heavy atom. The van der Waals surface area contributed by atoms with Crippen LogP contribution in [0.15, 0.2) is 46.9 Å². The lowest BCUT2D eigenvalue weighted by molar-refractivity contribution is 0.506. The highest BCUT2D eigenvalue weighted by atomic mass is 79.9. The van der Waals surface area contributed by atoms with Crippen LogP contribution in [0, 0.1) is 5.82 Å². The summed E-state index contributed by atoms with van der Waals surface area (Å²) in [4.78, 5) is 0. The Balaban J connectivity index is 2.30. The van der Waals surface area contributed by atoms with Crippen LogP contribution in [0.25, 0.3) is 0 Å². The molecule has 0 aliphatic rings. The van der Waals surface area contributed by atoms with E-state index in [4.69, 9.17) is 11.6 Å². The summed E-state index contributed by atoms with van der Waals surface area (Å²) in [7, 11) is 0. The lowest BCUT2D eigenvalue weighted by Gasteiger charge is -2.24. The van der Waals surface area contributed by atoms with Crippen molar-refractivity contribution in [3.05, 3.63) is 69.4 Å². The van der Waals surface area contributed by atoms with E-state index in [1.165, 1.54) is 17.7 Å². The molecule has 0 nitrogen and oxygen atoms in total. The van der Waals surface area contributed by atoms with Crippen molar-refractivity contribution in [2.75, 3.05) is 0 Å². The third-order valence-electron chi connectivity index (χ3n) is 4.05. The Kier molecular flexibility index (Phi) is 5.11. The lowest BCUT2D eigenvalue weighted by Crippen LogP contribution is -2.15. The van der Waals surface area contributed by atoms with Gasteiger partial charge in [-0.15, -0.1) is 11.6 Å². The fourth-order valence-corrected chi connectivity index (χ4v) is 2.98. The number of alkyl halides is 1. The molecule has 0 aliphatic carbocycles. The second kappa shape index (κ2) is 6.50. The summed E-state index contributed by atoms with van der Waals surface area (Å²) in [6, 6.07) is 13.1. The number of hydrogen-bond acceptors (Lipinski definition) is 0. The Morgan fingerprint density at radius 3 is 2.24 bits per heavy atom. The molecular weight excluding hydrogens is 351 g/mol. The van der Waals surface area contributed by atoms with Crippen LogP contribution in [0.3, 0.4) is 0 Å². The minimum Gasteiger partial charge on any atom is -0.207 e. The van der Waals surface area contributed by atoms with Crippen molar-refractivity contribution in [2.24, 2.45) is 0 Å². The van der Waals surface area contributed by atoms with Gasteiger partial charge in [-0.2, -0.15) is 0 Å². The third-order valence-corrected chi connectivity index (χ3v) is 5.01. The molecule has 3 heteroatoms.